The number of nitrogens with one attached hydrogen (secondary N) is 3. The molecule has 108 valence electrons. The number of rotatable bonds is 4. The highest BCUT2D eigenvalue weighted by atomic mass is 16.2. The molecule has 0 spiro atoms. The number of piperazine rings is 2. The highest BCUT2D eigenvalue weighted by Crippen LogP contribution is 1.97. The van der Waals surface area contributed by atoms with Gasteiger partial charge in [0.1, 0.15) is 6.04 Å². The van der Waals surface area contributed by atoms with E-state index in [1.165, 1.54) is 0 Å². The lowest BCUT2D eigenvalue weighted by Crippen LogP contribution is -2.58. The Morgan fingerprint density at radius 1 is 1.37 bits per heavy atom. The van der Waals surface area contributed by atoms with Crippen molar-refractivity contribution in [3.8, 4) is 0 Å². The molecule has 0 aromatic rings. The first kappa shape index (κ1) is 14.2. The Labute approximate surface area is 113 Å². The summed E-state index contributed by atoms with van der Waals surface area (Å²) in [4.78, 5) is 27.5. The number of carbonyl (C=O) groups excluding carboxylic acids is 2. The SMILES string of the molecule is CN1CCN(CCNC(=O)C2CNC(=O)CN2)CC1. The minimum absolute atomic E-state index is 0.0332. The molecule has 1 unspecified atom stereocenters. The first-order valence-corrected chi connectivity index (χ1v) is 6.84. The van der Waals surface area contributed by atoms with Crippen molar-refractivity contribution in [1.29, 1.82) is 0 Å². The van der Waals surface area contributed by atoms with Crippen LogP contribution in [-0.2, 0) is 9.59 Å². The Hall–Kier alpha value is -1.18. The van der Waals surface area contributed by atoms with Gasteiger partial charge in [-0.1, -0.05) is 0 Å². The summed E-state index contributed by atoms with van der Waals surface area (Å²) in [5.41, 5.74) is 0. The molecule has 7 nitrogen and oxygen atoms in total. The Balaban J connectivity index is 1.60. The van der Waals surface area contributed by atoms with Gasteiger partial charge in [-0.05, 0) is 7.05 Å². The lowest BCUT2D eigenvalue weighted by Gasteiger charge is -2.32. The molecule has 2 heterocycles. The van der Waals surface area contributed by atoms with Crippen LogP contribution in [0.5, 0.6) is 0 Å². The summed E-state index contributed by atoms with van der Waals surface area (Å²) in [5, 5.41) is 8.52. The van der Waals surface area contributed by atoms with Crippen LogP contribution < -0.4 is 16.0 Å². The minimum atomic E-state index is -0.301. The molecule has 0 aliphatic carbocycles. The summed E-state index contributed by atoms with van der Waals surface area (Å²) in [7, 11) is 2.13. The number of nitrogens with zero attached hydrogens (tertiary/aromatic N) is 2. The van der Waals surface area contributed by atoms with Crippen LogP contribution in [0.15, 0.2) is 0 Å². The molecule has 1 atom stereocenters. The molecule has 2 aliphatic rings. The molecule has 0 aromatic heterocycles. The van der Waals surface area contributed by atoms with Gasteiger partial charge >= 0.3 is 0 Å². The highest BCUT2D eigenvalue weighted by Gasteiger charge is 2.23. The molecule has 0 saturated carbocycles. The Morgan fingerprint density at radius 2 is 2.11 bits per heavy atom. The number of hydrogen-bond donors (Lipinski definition) is 3. The summed E-state index contributed by atoms with van der Waals surface area (Å²) in [6.45, 7) is 6.44. The van der Waals surface area contributed by atoms with Crippen molar-refractivity contribution in [2.45, 2.75) is 6.04 Å². The van der Waals surface area contributed by atoms with Crippen LogP contribution in [0.2, 0.25) is 0 Å². The Morgan fingerprint density at radius 3 is 2.74 bits per heavy atom. The number of hydrogen-bond acceptors (Lipinski definition) is 5. The third-order valence-electron chi connectivity index (χ3n) is 3.65. The van der Waals surface area contributed by atoms with Crippen LogP contribution in [0.1, 0.15) is 0 Å². The van der Waals surface area contributed by atoms with Crippen molar-refractivity contribution in [3.63, 3.8) is 0 Å². The quantitative estimate of drug-likeness (QED) is 0.523. The summed E-state index contributed by atoms with van der Waals surface area (Å²) in [6, 6.07) is -0.301. The van der Waals surface area contributed by atoms with E-state index in [9.17, 15) is 9.59 Å². The molecule has 19 heavy (non-hydrogen) atoms. The largest absolute Gasteiger partial charge is 0.353 e. The van der Waals surface area contributed by atoms with Crippen molar-refractivity contribution < 1.29 is 9.59 Å². The van der Waals surface area contributed by atoms with E-state index in [2.05, 4.69) is 32.8 Å². The number of likely N-dealkylation sites (N-methyl/N-ethyl adjacent to an activating group) is 1. The third-order valence-corrected chi connectivity index (χ3v) is 3.65. The van der Waals surface area contributed by atoms with Gasteiger partial charge in [0.2, 0.25) is 11.8 Å². The molecular weight excluding hydrogens is 246 g/mol. The second kappa shape index (κ2) is 6.83. The molecule has 0 aromatic carbocycles. The monoisotopic (exact) mass is 269 g/mol. The molecular formula is C12H23N5O2. The van der Waals surface area contributed by atoms with Gasteiger partial charge in [-0.25, -0.2) is 0 Å². The number of carbonyl (C=O) groups is 2. The van der Waals surface area contributed by atoms with Gasteiger partial charge in [0.05, 0.1) is 6.54 Å². The lowest BCUT2D eigenvalue weighted by molar-refractivity contribution is -0.126. The predicted octanol–water partition coefficient (Wildman–Crippen LogP) is -2.56. The molecule has 7 heteroatoms. The Bertz CT molecular complexity index is 318. The van der Waals surface area contributed by atoms with Gasteiger partial charge in [0.15, 0.2) is 0 Å². The lowest BCUT2D eigenvalue weighted by atomic mass is 10.2. The van der Waals surface area contributed by atoms with E-state index >= 15 is 0 Å². The van der Waals surface area contributed by atoms with Crippen LogP contribution in [0.3, 0.4) is 0 Å². The van der Waals surface area contributed by atoms with Crippen molar-refractivity contribution in [1.82, 2.24) is 25.8 Å². The summed E-state index contributed by atoms with van der Waals surface area (Å²) >= 11 is 0. The maximum atomic E-state index is 11.8. The van der Waals surface area contributed by atoms with Gasteiger partial charge in [-0.2, -0.15) is 0 Å². The zero-order chi connectivity index (χ0) is 13.7. The second-order valence-electron chi connectivity index (χ2n) is 5.17. The van der Waals surface area contributed by atoms with E-state index in [-0.39, 0.29) is 24.4 Å². The smallest absolute Gasteiger partial charge is 0.239 e. The van der Waals surface area contributed by atoms with E-state index in [4.69, 9.17) is 0 Å². The molecule has 3 N–H and O–H groups in total. The fourth-order valence-corrected chi connectivity index (χ4v) is 2.28. The molecule has 2 fully saturated rings. The van der Waals surface area contributed by atoms with Gasteiger partial charge in [-0.15, -0.1) is 0 Å². The summed E-state index contributed by atoms with van der Waals surface area (Å²) < 4.78 is 0. The van der Waals surface area contributed by atoms with Gasteiger partial charge in [0, 0.05) is 45.8 Å². The van der Waals surface area contributed by atoms with E-state index in [0.717, 1.165) is 32.7 Å². The average molecular weight is 269 g/mol. The van der Waals surface area contributed by atoms with E-state index < -0.39 is 0 Å². The van der Waals surface area contributed by atoms with E-state index in [1.807, 2.05) is 0 Å². The van der Waals surface area contributed by atoms with Crippen LogP contribution >= 0.6 is 0 Å². The summed E-state index contributed by atoms with van der Waals surface area (Å²) in [5.74, 6) is -0.0874. The Kier molecular flexibility index (Phi) is 5.12. The molecule has 2 saturated heterocycles. The maximum Gasteiger partial charge on any atom is 0.239 e. The van der Waals surface area contributed by atoms with Crippen molar-refractivity contribution >= 4 is 11.8 Å². The standard InChI is InChI=1S/C12H23N5O2/c1-16-4-6-17(7-5-16)3-2-13-12(19)10-8-15-11(18)9-14-10/h10,14H,2-9H2,1H3,(H,13,19)(H,15,18). The van der Waals surface area contributed by atoms with Crippen molar-refractivity contribution in [2.24, 2.45) is 0 Å². The third kappa shape index (κ3) is 4.45. The zero-order valence-corrected chi connectivity index (χ0v) is 11.4. The second-order valence-corrected chi connectivity index (χ2v) is 5.17. The van der Waals surface area contributed by atoms with Crippen LogP contribution in [0.25, 0.3) is 0 Å². The molecule has 2 amide bonds. The summed E-state index contributed by atoms with van der Waals surface area (Å²) in [6.07, 6.45) is 0. The molecule has 2 rings (SSSR count). The predicted molar refractivity (Wildman–Crippen MR) is 71.7 cm³/mol. The van der Waals surface area contributed by atoms with Crippen molar-refractivity contribution in [3.05, 3.63) is 0 Å². The first-order chi connectivity index (χ1) is 9.15. The number of amides is 2. The molecule has 2 aliphatic heterocycles. The topological polar surface area (TPSA) is 76.7 Å². The van der Waals surface area contributed by atoms with Crippen molar-refractivity contribution in [2.75, 3.05) is 59.4 Å². The molecule has 0 radical (unpaired) electrons. The van der Waals surface area contributed by atoms with E-state index in [0.29, 0.717) is 13.1 Å². The highest BCUT2D eigenvalue weighted by molar-refractivity contribution is 5.86. The normalized spacial score (nSPS) is 25.9. The maximum absolute atomic E-state index is 11.8. The first-order valence-electron chi connectivity index (χ1n) is 6.84. The van der Waals surface area contributed by atoms with Gasteiger partial charge in [-0.3, -0.25) is 19.8 Å². The molecule has 0 bridgehead atoms. The average Bonchev–Trinajstić information content (AvgIpc) is 2.41. The van der Waals surface area contributed by atoms with Gasteiger partial charge in [0.25, 0.3) is 0 Å². The van der Waals surface area contributed by atoms with Crippen LogP contribution in [0.4, 0.5) is 0 Å². The van der Waals surface area contributed by atoms with Crippen LogP contribution in [-0.4, -0.2) is 87.1 Å². The minimum Gasteiger partial charge on any atom is -0.353 e. The van der Waals surface area contributed by atoms with E-state index in [1.54, 1.807) is 0 Å². The fraction of sp³-hybridized carbons (Fsp3) is 0.833. The van der Waals surface area contributed by atoms with Gasteiger partial charge < -0.3 is 15.5 Å². The van der Waals surface area contributed by atoms with Crippen LogP contribution in [0, 0.1) is 0 Å². The fourth-order valence-electron chi connectivity index (χ4n) is 2.28. The zero-order valence-electron chi connectivity index (χ0n) is 11.4.